The van der Waals surface area contributed by atoms with Gasteiger partial charge in [0.05, 0.1) is 0 Å². The Hall–Kier alpha value is -3.35. The minimum Gasteiger partial charge on any atom is -0.371 e. The Morgan fingerprint density at radius 1 is 0.735 bits per heavy atom. The van der Waals surface area contributed by atoms with Crippen LogP contribution in [0.2, 0.25) is 0 Å². The highest BCUT2D eigenvalue weighted by molar-refractivity contribution is 6.07. The average molecular weight is 467 g/mol. The standard InChI is InChI=1S/C14H17N3O2.C12H15NO.CH4.H2/c1-10-2-4-11(5-3-10)17-8-6-14(7-9-17)12(18)15-13(19)16-14;1-10-2-4-11(5-3-10)13-8-6-12(14)7-9-13;;/h2-5H,6-9H2,1H3,(H2,15,16,18,19);2-5H,6-9H2,1H3;1H4;1H. The van der Waals surface area contributed by atoms with Crippen molar-refractivity contribution in [2.45, 2.75) is 52.5 Å². The van der Waals surface area contributed by atoms with E-state index >= 15 is 0 Å². The summed E-state index contributed by atoms with van der Waals surface area (Å²) in [6.07, 6.45) is 2.71. The number of ketones is 1. The van der Waals surface area contributed by atoms with Gasteiger partial charge in [0.2, 0.25) is 0 Å². The number of hydrogen-bond acceptors (Lipinski definition) is 5. The minimum atomic E-state index is -0.682. The first-order chi connectivity index (χ1) is 15.8. The third-order valence-corrected chi connectivity index (χ3v) is 6.75. The van der Waals surface area contributed by atoms with Gasteiger partial charge in [-0.2, -0.15) is 0 Å². The van der Waals surface area contributed by atoms with Gasteiger partial charge in [-0.1, -0.05) is 42.8 Å². The van der Waals surface area contributed by atoms with Crippen molar-refractivity contribution in [2.75, 3.05) is 36.0 Å². The van der Waals surface area contributed by atoms with Crippen LogP contribution >= 0.6 is 0 Å². The summed E-state index contributed by atoms with van der Waals surface area (Å²) in [4.78, 5) is 38.7. The fraction of sp³-hybridized carbons (Fsp3) is 0.444. The van der Waals surface area contributed by atoms with Crippen LogP contribution < -0.4 is 20.4 Å². The van der Waals surface area contributed by atoms with Gasteiger partial charge in [-0.15, -0.1) is 0 Å². The molecule has 184 valence electrons. The first kappa shape index (κ1) is 25.3. The lowest BCUT2D eigenvalue weighted by Crippen LogP contribution is -2.54. The zero-order valence-corrected chi connectivity index (χ0v) is 19.4. The Kier molecular flexibility index (Phi) is 7.97. The van der Waals surface area contributed by atoms with Crippen molar-refractivity contribution < 1.29 is 15.8 Å². The van der Waals surface area contributed by atoms with Gasteiger partial charge in [0, 0.05) is 51.8 Å². The number of urea groups is 1. The number of benzene rings is 2. The van der Waals surface area contributed by atoms with E-state index in [0.717, 1.165) is 26.2 Å². The predicted molar refractivity (Wildman–Crippen MR) is 139 cm³/mol. The lowest BCUT2D eigenvalue weighted by atomic mass is 9.87. The molecule has 0 atom stereocenters. The zero-order chi connectivity index (χ0) is 23.4. The van der Waals surface area contributed by atoms with Crippen molar-refractivity contribution in [3.05, 3.63) is 59.7 Å². The molecule has 2 N–H and O–H groups in total. The molecule has 1 spiro atoms. The quantitative estimate of drug-likeness (QED) is 0.648. The molecule has 7 nitrogen and oxygen atoms in total. The Bertz CT molecular complexity index is 1010. The van der Waals surface area contributed by atoms with Gasteiger partial charge in [0.1, 0.15) is 11.3 Å². The molecule has 5 rings (SSSR count). The normalized spacial score (nSPS) is 19.1. The van der Waals surface area contributed by atoms with Gasteiger partial charge in [-0.3, -0.25) is 14.9 Å². The Morgan fingerprint density at radius 3 is 1.59 bits per heavy atom. The number of nitrogens with one attached hydrogen (secondary N) is 2. The summed E-state index contributed by atoms with van der Waals surface area (Å²) in [5.74, 6) is 0.217. The highest BCUT2D eigenvalue weighted by Gasteiger charge is 2.47. The van der Waals surface area contributed by atoms with Crippen LogP contribution in [-0.4, -0.2) is 49.4 Å². The molecule has 3 fully saturated rings. The molecule has 3 aliphatic heterocycles. The van der Waals surface area contributed by atoms with Gasteiger partial charge in [0.15, 0.2) is 0 Å². The molecule has 3 amide bonds. The molecule has 7 heteroatoms. The number of aryl methyl sites for hydroxylation is 2. The second-order valence-corrected chi connectivity index (χ2v) is 9.17. The Morgan fingerprint density at radius 2 is 1.18 bits per heavy atom. The number of nitrogens with zero attached hydrogens (tertiary/aromatic N) is 2. The number of hydrogen-bond donors (Lipinski definition) is 2. The van der Waals surface area contributed by atoms with Gasteiger partial charge >= 0.3 is 6.03 Å². The Balaban J connectivity index is 0.000000243. The Labute approximate surface area is 204 Å². The summed E-state index contributed by atoms with van der Waals surface area (Å²) in [5.41, 5.74) is 4.24. The molecule has 3 aliphatic rings. The lowest BCUT2D eigenvalue weighted by Gasteiger charge is -2.38. The van der Waals surface area contributed by atoms with E-state index < -0.39 is 5.54 Å². The molecule has 34 heavy (non-hydrogen) atoms. The van der Waals surface area contributed by atoms with Crippen molar-refractivity contribution in [3.8, 4) is 0 Å². The van der Waals surface area contributed by atoms with E-state index in [9.17, 15) is 14.4 Å². The summed E-state index contributed by atoms with van der Waals surface area (Å²) in [6.45, 7) is 7.45. The highest BCUT2D eigenvalue weighted by atomic mass is 16.2. The molecule has 0 radical (unpaired) electrons. The number of Topliss-reactive ketones (excluding diaryl/α,β-unsaturated/α-hetero) is 1. The second kappa shape index (κ2) is 10.7. The van der Waals surface area contributed by atoms with Crippen LogP contribution in [0.1, 0.15) is 45.7 Å². The molecule has 2 aromatic carbocycles. The number of carbonyl (C=O) groups is 3. The van der Waals surface area contributed by atoms with Gasteiger partial charge in [-0.25, -0.2) is 4.79 Å². The van der Waals surface area contributed by atoms with E-state index in [1.807, 2.05) is 0 Å². The maximum atomic E-state index is 11.8. The highest BCUT2D eigenvalue weighted by Crippen LogP contribution is 2.28. The number of carbonyl (C=O) groups excluding carboxylic acids is 3. The monoisotopic (exact) mass is 466 g/mol. The fourth-order valence-electron chi connectivity index (χ4n) is 4.55. The van der Waals surface area contributed by atoms with Gasteiger partial charge in [-0.05, 0) is 51.0 Å². The SMILES string of the molecule is C.Cc1ccc(N2CCC(=O)CC2)cc1.Cc1ccc(N2CCC3(CC2)NC(=O)NC3=O)cc1.[HH]. The first-order valence-electron chi connectivity index (χ1n) is 11.6. The van der Waals surface area contributed by atoms with Crippen LogP contribution in [0.15, 0.2) is 48.5 Å². The van der Waals surface area contributed by atoms with E-state index in [1.54, 1.807) is 0 Å². The lowest BCUT2D eigenvalue weighted by molar-refractivity contribution is -0.124. The maximum absolute atomic E-state index is 11.8. The molecular weight excluding hydrogens is 428 g/mol. The third kappa shape index (κ3) is 5.76. The number of imide groups is 1. The molecular formula is C27H38N4O3. The van der Waals surface area contributed by atoms with Crippen molar-refractivity contribution in [3.63, 3.8) is 0 Å². The van der Waals surface area contributed by atoms with Crippen molar-refractivity contribution in [1.82, 2.24) is 10.6 Å². The molecule has 0 unspecified atom stereocenters. The van der Waals surface area contributed by atoms with E-state index in [1.165, 1.54) is 22.5 Å². The van der Waals surface area contributed by atoms with E-state index in [-0.39, 0.29) is 20.8 Å². The van der Waals surface area contributed by atoms with Crippen LogP contribution in [0.3, 0.4) is 0 Å². The summed E-state index contributed by atoms with van der Waals surface area (Å²) in [7, 11) is 0. The largest absolute Gasteiger partial charge is 0.371 e. The van der Waals surface area contributed by atoms with Gasteiger partial charge < -0.3 is 15.1 Å². The molecule has 2 aromatic rings. The second-order valence-electron chi connectivity index (χ2n) is 9.17. The summed E-state index contributed by atoms with van der Waals surface area (Å²) in [6, 6.07) is 16.5. The third-order valence-electron chi connectivity index (χ3n) is 6.75. The topological polar surface area (TPSA) is 81.8 Å². The maximum Gasteiger partial charge on any atom is 0.322 e. The van der Waals surface area contributed by atoms with Gasteiger partial charge in [0.25, 0.3) is 5.91 Å². The summed E-state index contributed by atoms with van der Waals surface area (Å²) < 4.78 is 0. The van der Waals surface area contributed by atoms with Crippen molar-refractivity contribution in [1.29, 1.82) is 0 Å². The van der Waals surface area contributed by atoms with Crippen molar-refractivity contribution in [2.24, 2.45) is 0 Å². The van der Waals surface area contributed by atoms with Crippen LogP contribution in [0.25, 0.3) is 0 Å². The number of piperidine rings is 2. The van der Waals surface area contributed by atoms with Crippen LogP contribution in [0.5, 0.6) is 0 Å². The predicted octanol–water partition coefficient (Wildman–Crippen LogP) is 4.22. The molecule has 0 aromatic heterocycles. The number of anilines is 2. The molecule has 3 heterocycles. The first-order valence-corrected chi connectivity index (χ1v) is 11.6. The minimum absolute atomic E-state index is 0. The number of rotatable bonds is 2. The van der Waals surface area contributed by atoms with E-state index in [4.69, 9.17) is 0 Å². The summed E-state index contributed by atoms with van der Waals surface area (Å²) in [5, 5.41) is 5.11. The van der Waals surface area contributed by atoms with Crippen LogP contribution in [-0.2, 0) is 9.59 Å². The van der Waals surface area contributed by atoms with Crippen molar-refractivity contribution >= 4 is 29.1 Å². The molecule has 0 saturated carbocycles. The molecule has 0 aliphatic carbocycles. The average Bonchev–Trinajstić information content (AvgIpc) is 3.09. The van der Waals surface area contributed by atoms with Crippen LogP contribution in [0, 0.1) is 13.8 Å². The van der Waals surface area contributed by atoms with Crippen LogP contribution in [0.4, 0.5) is 16.2 Å². The number of amides is 3. The van der Waals surface area contributed by atoms with E-state index in [0.29, 0.717) is 31.5 Å². The smallest absolute Gasteiger partial charge is 0.322 e. The summed E-state index contributed by atoms with van der Waals surface area (Å²) >= 11 is 0. The fourth-order valence-corrected chi connectivity index (χ4v) is 4.55. The molecule has 0 bridgehead atoms. The molecule has 3 saturated heterocycles. The van der Waals surface area contributed by atoms with E-state index in [2.05, 4.69) is 82.8 Å². The zero-order valence-electron chi connectivity index (χ0n) is 19.4.